The molecule has 1 aromatic carbocycles. The average Bonchev–Trinajstić information content (AvgIpc) is 2.54. The van der Waals surface area contributed by atoms with Gasteiger partial charge in [0.15, 0.2) is 0 Å². The molecule has 1 aromatic heterocycles. The number of carbonyl (C=O) groups excluding carboxylic acids is 2. The van der Waals surface area contributed by atoms with Crippen LogP contribution < -0.4 is 10.6 Å². The first-order valence-electron chi connectivity index (χ1n) is 8.01. The summed E-state index contributed by atoms with van der Waals surface area (Å²) in [5.74, 6) is -1.89. The molecule has 3 amide bonds. The van der Waals surface area contributed by atoms with Crippen LogP contribution in [0.25, 0.3) is 0 Å². The number of halogens is 2. The molecule has 3 rings (SSSR count). The zero-order valence-corrected chi connectivity index (χ0v) is 14.3. The van der Waals surface area contributed by atoms with Crippen molar-refractivity contribution >= 4 is 17.6 Å². The van der Waals surface area contributed by atoms with Crippen molar-refractivity contribution in [1.29, 1.82) is 0 Å². The van der Waals surface area contributed by atoms with Gasteiger partial charge in [-0.3, -0.25) is 9.78 Å². The molecule has 0 spiro atoms. The Morgan fingerprint density at radius 1 is 1.35 bits per heavy atom. The molecule has 136 valence electrons. The molecule has 6 nitrogen and oxygen atoms in total. The molecular formula is C18H18F2N4O2. The van der Waals surface area contributed by atoms with E-state index in [2.05, 4.69) is 15.6 Å². The zero-order valence-electron chi connectivity index (χ0n) is 14.3. The highest BCUT2D eigenvalue weighted by atomic mass is 19.1. The van der Waals surface area contributed by atoms with E-state index < -0.39 is 29.1 Å². The zero-order chi connectivity index (χ0) is 18.9. The van der Waals surface area contributed by atoms with Gasteiger partial charge < -0.3 is 15.5 Å². The number of rotatable bonds is 4. The minimum Gasteiger partial charge on any atom is -0.345 e. The van der Waals surface area contributed by atoms with Crippen LogP contribution in [0.15, 0.2) is 36.7 Å². The Balaban J connectivity index is 1.69. The average molecular weight is 360 g/mol. The third-order valence-corrected chi connectivity index (χ3v) is 4.18. The molecule has 0 fully saturated rings. The molecule has 1 aliphatic rings. The van der Waals surface area contributed by atoms with Gasteiger partial charge in [0, 0.05) is 29.6 Å². The Morgan fingerprint density at radius 2 is 2.12 bits per heavy atom. The molecule has 2 aromatic rings. The highest BCUT2D eigenvalue weighted by Gasteiger charge is 2.29. The third kappa shape index (κ3) is 3.63. The molecule has 0 atom stereocenters. The normalized spacial score (nSPS) is 13.8. The smallest absolute Gasteiger partial charge is 0.322 e. The van der Waals surface area contributed by atoms with Crippen LogP contribution in [0.1, 0.15) is 25.0 Å². The summed E-state index contributed by atoms with van der Waals surface area (Å²) in [7, 11) is 0. The van der Waals surface area contributed by atoms with E-state index in [4.69, 9.17) is 0 Å². The lowest BCUT2D eigenvalue weighted by atomic mass is 9.93. The molecule has 2 N–H and O–H groups in total. The molecule has 0 radical (unpaired) electrons. The maximum absolute atomic E-state index is 14.0. The van der Waals surface area contributed by atoms with Gasteiger partial charge >= 0.3 is 6.03 Å². The molecule has 2 heterocycles. The quantitative estimate of drug-likeness (QED) is 0.880. The minimum absolute atomic E-state index is 0.157. The van der Waals surface area contributed by atoms with Gasteiger partial charge in [0.2, 0.25) is 5.91 Å². The van der Waals surface area contributed by atoms with Crippen LogP contribution in [0, 0.1) is 11.6 Å². The number of fused-ring (bicyclic) bond motifs is 1. The third-order valence-electron chi connectivity index (χ3n) is 4.18. The second-order valence-corrected chi connectivity index (χ2v) is 6.62. The number of nitrogens with zero attached hydrogens (tertiary/aromatic N) is 2. The summed E-state index contributed by atoms with van der Waals surface area (Å²) in [6, 6.07) is 4.48. The van der Waals surface area contributed by atoms with Crippen molar-refractivity contribution in [2.45, 2.75) is 25.9 Å². The number of hydrogen-bond acceptors (Lipinski definition) is 3. The number of aromatic nitrogens is 1. The molecule has 8 heteroatoms. The van der Waals surface area contributed by atoms with Crippen molar-refractivity contribution in [3.63, 3.8) is 0 Å². The predicted molar refractivity (Wildman–Crippen MR) is 91.2 cm³/mol. The first kappa shape index (κ1) is 17.8. The number of pyridine rings is 1. The van der Waals surface area contributed by atoms with Gasteiger partial charge in [-0.05, 0) is 26.0 Å². The second kappa shape index (κ2) is 6.70. The van der Waals surface area contributed by atoms with Crippen molar-refractivity contribution < 1.29 is 18.4 Å². The summed E-state index contributed by atoms with van der Waals surface area (Å²) in [4.78, 5) is 29.9. The highest BCUT2D eigenvalue weighted by molar-refractivity contribution is 5.94. The van der Waals surface area contributed by atoms with Gasteiger partial charge in [0.1, 0.15) is 18.2 Å². The van der Waals surface area contributed by atoms with Crippen LogP contribution in [0.4, 0.5) is 19.3 Å². The number of benzene rings is 1. The number of urea groups is 1. The lowest BCUT2D eigenvalue weighted by Crippen LogP contribution is -2.49. The molecule has 0 saturated heterocycles. The van der Waals surface area contributed by atoms with Crippen LogP contribution in [-0.2, 0) is 16.9 Å². The van der Waals surface area contributed by atoms with Gasteiger partial charge in [-0.25, -0.2) is 13.6 Å². The monoisotopic (exact) mass is 360 g/mol. The fraction of sp³-hybridized carbons (Fsp3) is 0.278. The van der Waals surface area contributed by atoms with Crippen molar-refractivity contribution in [2.24, 2.45) is 0 Å². The summed E-state index contributed by atoms with van der Waals surface area (Å²) < 4.78 is 27.1. The summed E-state index contributed by atoms with van der Waals surface area (Å²) >= 11 is 0. The Labute approximate surface area is 149 Å². The minimum atomic E-state index is -1.07. The van der Waals surface area contributed by atoms with E-state index in [0.717, 1.165) is 17.7 Å². The van der Waals surface area contributed by atoms with Gasteiger partial charge in [-0.1, -0.05) is 6.07 Å². The standard InChI is InChI=1S/C18H18F2N4O2/c1-18(2,13-4-3-12(19)7-14(13)20)23-16(25)10-24-9-11-8-21-6-5-15(11)22-17(24)26/h3-8H,9-10H2,1-2H3,(H,22,26)(H,23,25). The maximum atomic E-state index is 14.0. The van der Waals surface area contributed by atoms with E-state index in [9.17, 15) is 18.4 Å². The summed E-state index contributed by atoms with van der Waals surface area (Å²) in [5, 5.41) is 5.38. The van der Waals surface area contributed by atoms with Crippen molar-refractivity contribution in [1.82, 2.24) is 15.2 Å². The lowest BCUT2D eigenvalue weighted by Gasteiger charge is -2.31. The summed E-state index contributed by atoms with van der Waals surface area (Å²) in [5.41, 5.74) is 0.546. The largest absolute Gasteiger partial charge is 0.345 e. The Kier molecular flexibility index (Phi) is 4.58. The molecule has 0 bridgehead atoms. The van der Waals surface area contributed by atoms with E-state index in [1.54, 1.807) is 32.3 Å². The van der Waals surface area contributed by atoms with Gasteiger partial charge in [0.05, 0.1) is 17.8 Å². The highest BCUT2D eigenvalue weighted by Crippen LogP contribution is 2.25. The number of carbonyl (C=O) groups is 2. The van der Waals surface area contributed by atoms with Gasteiger partial charge in [-0.15, -0.1) is 0 Å². The molecular weight excluding hydrogens is 342 g/mol. The Hall–Kier alpha value is -3.03. The molecule has 0 unspecified atom stereocenters. The van der Waals surface area contributed by atoms with Crippen molar-refractivity contribution in [3.05, 3.63) is 59.4 Å². The summed E-state index contributed by atoms with van der Waals surface area (Å²) in [6.45, 7) is 3.26. The number of amides is 3. The van der Waals surface area contributed by atoms with Crippen LogP contribution in [0.5, 0.6) is 0 Å². The van der Waals surface area contributed by atoms with E-state index in [0.29, 0.717) is 5.69 Å². The van der Waals surface area contributed by atoms with Crippen LogP contribution in [-0.4, -0.2) is 28.4 Å². The van der Waals surface area contributed by atoms with Gasteiger partial charge in [-0.2, -0.15) is 0 Å². The number of hydrogen-bond donors (Lipinski definition) is 2. The topological polar surface area (TPSA) is 74.3 Å². The fourth-order valence-electron chi connectivity index (χ4n) is 2.90. The maximum Gasteiger partial charge on any atom is 0.322 e. The summed E-state index contributed by atoms with van der Waals surface area (Å²) in [6.07, 6.45) is 3.19. The van der Waals surface area contributed by atoms with E-state index in [1.165, 1.54) is 11.0 Å². The Bertz CT molecular complexity index is 870. The van der Waals surface area contributed by atoms with Crippen LogP contribution >= 0.6 is 0 Å². The molecule has 1 aliphatic heterocycles. The fourth-order valence-corrected chi connectivity index (χ4v) is 2.90. The SMILES string of the molecule is CC(C)(NC(=O)CN1Cc2cnccc2NC1=O)c1ccc(F)cc1F. The second-order valence-electron chi connectivity index (χ2n) is 6.62. The molecule has 0 saturated carbocycles. The van der Waals surface area contributed by atoms with Crippen LogP contribution in [0.3, 0.4) is 0 Å². The van der Waals surface area contributed by atoms with E-state index in [-0.39, 0.29) is 18.7 Å². The van der Waals surface area contributed by atoms with Gasteiger partial charge in [0.25, 0.3) is 0 Å². The van der Waals surface area contributed by atoms with Crippen molar-refractivity contribution in [3.8, 4) is 0 Å². The van der Waals surface area contributed by atoms with Crippen LogP contribution in [0.2, 0.25) is 0 Å². The van der Waals surface area contributed by atoms with E-state index >= 15 is 0 Å². The van der Waals surface area contributed by atoms with E-state index in [1.807, 2.05) is 0 Å². The number of nitrogens with one attached hydrogen (secondary N) is 2. The molecule has 26 heavy (non-hydrogen) atoms. The number of anilines is 1. The first-order valence-corrected chi connectivity index (χ1v) is 8.01. The van der Waals surface area contributed by atoms with Crippen molar-refractivity contribution in [2.75, 3.05) is 11.9 Å². The Morgan fingerprint density at radius 3 is 2.85 bits per heavy atom. The molecule has 0 aliphatic carbocycles. The predicted octanol–water partition coefficient (Wildman–Crippen LogP) is 2.76. The lowest BCUT2D eigenvalue weighted by molar-refractivity contribution is -0.123. The first-order chi connectivity index (χ1) is 12.3.